The van der Waals surface area contributed by atoms with Crippen molar-refractivity contribution in [1.82, 2.24) is 15.0 Å². The number of fused-ring (bicyclic) bond motifs is 1. The predicted octanol–water partition coefficient (Wildman–Crippen LogP) is 3.92. The molecule has 3 rings (SSSR count). The summed E-state index contributed by atoms with van der Waals surface area (Å²) >= 11 is 0. The van der Waals surface area contributed by atoms with Gasteiger partial charge in [-0.1, -0.05) is 0 Å². The number of hydrogen-bond donors (Lipinski definition) is 1. The fourth-order valence-corrected chi connectivity index (χ4v) is 1.97. The summed E-state index contributed by atoms with van der Waals surface area (Å²) in [6.45, 7) is 3.97. The minimum Gasteiger partial charge on any atom is -0.436 e. The average molecular weight is 316 g/mol. The zero-order valence-electron chi connectivity index (χ0n) is 12.5. The molecule has 0 unspecified atom stereocenters. The summed E-state index contributed by atoms with van der Waals surface area (Å²) in [5.74, 6) is -0.875. The highest BCUT2D eigenvalue weighted by Crippen LogP contribution is 2.25. The first kappa shape index (κ1) is 15.1. The van der Waals surface area contributed by atoms with E-state index in [1.807, 2.05) is 13.8 Å². The number of pyridine rings is 1. The summed E-state index contributed by atoms with van der Waals surface area (Å²) in [6.07, 6.45) is 3.14. The van der Waals surface area contributed by atoms with Crippen LogP contribution in [0.1, 0.15) is 13.8 Å². The van der Waals surface area contributed by atoms with Gasteiger partial charge in [0.1, 0.15) is 5.82 Å². The third kappa shape index (κ3) is 3.50. The van der Waals surface area contributed by atoms with Gasteiger partial charge in [-0.15, -0.1) is 0 Å². The number of nitrogens with one attached hydrogen (secondary N) is 1. The monoisotopic (exact) mass is 316 g/mol. The quantitative estimate of drug-likeness (QED) is 0.790. The van der Waals surface area contributed by atoms with E-state index in [4.69, 9.17) is 4.74 Å². The highest BCUT2D eigenvalue weighted by atomic mass is 19.1. The molecule has 0 fully saturated rings. The van der Waals surface area contributed by atoms with E-state index in [1.165, 1.54) is 12.3 Å². The van der Waals surface area contributed by atoms with Gasteiger partial charge in [0.05, 0.1) is 11.7 Å². The van der Waals surface area contributed by atoms with E-state index in [1.54, 1.807) is 12.3 Å². The van der Waals surface area contributed by atoms with Crippen LogP contribution in [0.4, 0.5) is 14.7 Å². The van der Waals surface area contributed by atoms with Crippen molar-refractivity contribution in [2.45, 2.75) is 19.9 Å². The summed E-state index contributed by atoms with van der Waals surface area (Å²) in [7, 11) is 0. The lowest BCUT2D eigenvalue weighted by Gasteiger charge is -2.09. The van der Waals surface area contributed by atoms with Crippen molar-refractivity contribution >= 4 is 16.9 Å². The van der Waals surface area contributed by atoms with Crippen LogP contribution in [0.2, 0.25) is 0 Å². The molecule has 1 N–H and O–H groups in total. The van der Waals surface area contributed by atoms with Crippen molar-refractivity contribution < 1.29 is 13.5 Å². The van der Waals surface area contributed by atoms with Crippen molar-refractivity contribution in [3.8, 4) is 11.6 Å². The minimum absolute atomic E-state index is 0.0998. The van der Waals surface area contributed by atoms with Crippen LogP contribution in [-0.4, -0.2) is 21.0 Å². The van der Waals surface area contributed by atoms with Crippen LogP contribution in [0.25, 0.3) is 10.9 Å². The molecular formula is C16H14F2N4O. The fourth-order valence-electron chi connectivity index (χ4n) is 1.97. The molecule has 0 saturated carbocycles. The van der Waals surface area contributed by atoms with Crippen molar-refractivity contribution in [1.29, 1.82) is 0 Å². The lowest BCUT2D eigenvalue weighted by Crippen LogP contribution is -2.12. The number of halogens is 2. The van der Waals surface area contributed by atoms with Gasteiger partial charge in [-0.3, -0.25) is 0 Å². The molecule has 2 aromatic heterocycles. The van der Waals surface area contributed by atoms with Crippen LogP contribution < -0.4 is 10.1 Å². The van der Waals surface area contributed by atoms with Gasteiger partial charge in [0.25, 0.3) is 0 Å². The molecule has 3 aromatic rings. The number of hydrogen-bond acceptors (Lipinski definition) is 5. The number of benzene rings is 1. The highest BCUT2D eigenvalue weighted by molar-refractivity contribution is 5.78. The molecule has 0 aliphatic rings. The first-order chi connectivity index (χ1) is 11.0. The van der Waals surface area contributed by atoms with E-state index < -0.39 is 11.6 Å². The van der Waals surface area contributed by atoms with E-state index in [0.29, 0.717) is 16.9 Å². The van der Waals surface area contributed by atoms with Crippen molar-refractivity contribution in [2.75, 3.05) is 5.32 Å². The molecule has 5 nitrogen and oxygen atoms in total. The van der Waals surface area contributed by atoms with Crippen LogP contribution in [0, 0.1) is 11.6 Å². The van der Waals surface area contributed by atoms with Crippen LogP contribution >= 0.6 is 0 Å². The summed E-state index contributed by atoms with van der Waals surface area (Å²) in [5, 5.41) is 3.80. The molecular weight excluding hydrogens is 302 g/mol. The SMILES string of the molecule is CC(C)Nc1ncc2cc(Oc3ccc(F)cc3F)ncc2n1. The first-order valence-corrected chi connectivity index (χ1v) is 7.03. The van der Waals surface area contributed by atoms with Gasteiger partial charge < -0.3 is 10.1 Å². The van der Waals surface area contributed by atoms with Crippen molar-refractivity contribution in [3.05, 3.63) is 48.3 Å². The van der Waals surface area contributed by atoms with Crippen LogP contribution in [0.15, 0.2) is 36.7 Å². The molecule has 0 amide bonds. The lowest BCUT2D eigenvalue weighted by molar-refractivity contribution is 0.424. The molecule has 0 atom stereocenters. The first-order valence-electron chi connectivity index (χ1n) is 7.03. The van der Waals surface area contributed by atoms with Gasteiger partial charge in [0, 0.05) is 29.8 Å². The largest absolute Gasteiger partial charge is 0.436 e. The molecule has 0 aliphatic heterocycles. The van der Waals surface area contributed by atoms with E-state index in [9.17, 15) is 8.78 Å². The van der Waals surface area contributed by atoms with Gasteiger partial charge in [0.2, 0.25) is 11.8 Å². The minimum atomic E-state index is -0.792. The Labute approximate surface area is 131 Å². The van der Waals surface area contributed by atoms with Gasteiger partial charge in [-0.25, -0.2) is 23.7 Å². The van der Waals surface area contributed by atoms with Crippen molar-refractivity contribution in [2.24, 2.45) is 0 Å². The molecule has 23 heavy (non-hydrogen) atoms. The van der Waals surface area contributed by atoms with Gasteiger partial charge in [-0.2, -0.15) is 0 Å². The maximum absolute atomic E-state index is 13.6. The number of anilines is 1. The Morgan fingerprint density at radius 3 is 2.65 bits per heavy atom. The van der Waals surface area contributed by atoms with Crippen LogP contribution in [-0.2, 0) is 0 Å². The molecule has 0 spiro atoms. The van der Waals surface area contributed by atoms with Crippen molar-refractivity contribution in [3.63, 3.8) is 0 Å². The van der Waals surface area contributed by atoms with Crippen LogP contribution in [0.3, 0.4) is 0 Å². The number of rotatable bonds is 4. The van der Waals surface area contributed by atoms with Gasteiger partial charge in [0.15, 0.2) is 11.6 Å². The molecule has 118 valence electrons. The Balaban J connectivity index is 1.88. The summed E-state index contributed by atoms with van der Waals surface area (Å²) in [4.78, 5) is 12.6. The van der Waals surface area contributed by atoms with E-state index in [0.717, 1.165) is 12.1 Å². The Bertz CT molecular complexity index is 855. The standard InChI is InChI=1S/C16H14F2N4O/c1-9(2)21-16-20-7-10-5-15(19-8-13(10)22-16)23-14-4-3-11(17)6-12(14)18/h3-9H,1-2H3,(H,20,21,22). The molecule has 0 saturated heterocycles. The Morgan fingerprint density at radius 2 is 1.91 bits per heavy atom. The molecule has 1 aromatic carbocycles. The van der Waals surface area contributed by atoms with E-state index in [2.05, 4.69) is 20.3 Å². The van der Waals surface area contributed by atoms with Gasteiger partial charge in [-0.05, 0) is 26.0 Å². The topological polar surface area (TPSA) is 59.9 Å². The summed E-state index contributed by atoms with van der Waals surface area (Å²) in [5.41, 5.74) is 0.634. The van der Waals surface area contributed by atoms with E-state index in [-0.39, 0.29) is 17.7 Å². The van der Waals surface area contributed by atoms with E-state index >= 15 is 0 Å². The smallest absolute Gasteiger partial charge is 0.223 e. The Hall–Kier alpha value is -2.83. The molecule has 2 heterocycles. The van der Waals surface area contributed by atoms with Gasteiger partial charge >= 0.3 is 0 Å². The zero-order valence-corrected chi connectivity index (χ0v) is 12.5. The average Bonchev–Trinajstić information content (AvgIpc) is 2.49. The Kier molecular flexibility index (Phi) is 4.01. The lowest BCUT2D eigenvalue weighted by atomic mass is 10.3. The second-order valence-corrected chi connectivity index (χ2v) is 5.25. The second kappa shape index (κ2) is 6.12. The Morgan fingerprint density at radius 1 is 1.09 bits per heavy atom. The third-order valence-electron chi connectivity index (χ3n) is 2.97. The molecule has 0 bridgehead atoms. The summed E-state index contributed by atoms with van der Waals surface area (Å²) < 4.78 is 31.8. The number of aromatic nitrogens is 3. The molecule has 7 heteroatoms. The third-order valence-corrected chi connectivity index (χ3v) is 2.97. The second-order valence-electron chi connectivity index (χ2n) is 5.25. The van der Waals surface area contributed by atoms with Crippen LogP contribution in [0.5, 0.6) is 11.6 Å². The highest BCUT2D eigenvalue weighted by Gasteiger charge is 2.09. The molecule has 0 aliphatic carbocycles. The number of nitrogens with zero attached hydrogens (tertiary/aromatic N) is 3. The normalized spacial score (nSPS) is 11.0. The maximum atomic E-state index is 13.6. The maximum Gasteiger partial charge on any atom is 0.223 e. The number of ether oxygens (including phenoxy) is 1. The summed E-state index contributed by atoms with van der Waals surface area (Å²) in [6, 6.07) is 4.89. The predicted molar refractivity (Wildman–Crippen MR) is 82.5 cm³/mol. The zero-order chi connectivity index (χ0) is 16.4. The molecule has 0 radical (unpaired) electrons. The fraction of sp³-hybridized carbons (Fsp3) is 0.188.